The van der Waals surface area contributed by atoms with Gasteiger partial charge < -0.3 is 10.2 Å². The van der Waals surface area contributed by atoms with Crippen molar-refractivity contribution in [2.75, 3.05) is 25.0 Å². The predicted octanol–water partition coefficient (Wildman–Crippen LogP) is 4.47. The van der Waals surface area contributed by atoms with Gasteiger partial charge >= 0.3 is 0 Å². The number of benzene rings is 1. The summed E-state index contributed by atoms with van der Waals surface area (Å²) >= 11 is 6.11. The van der Waals surface area contributed by atoms with Crippen molar-refractivity contribution in [1.29, 1.82) is 0 Å². The fourth-order valence-corrected chi connectivity index (χ4v) is 2.38. The Hall–Kier alpha value is -0.730. The Labute approximate surface area is 123 Å². The molecule has 19 heavy (non-hydrogen) atoms. The fourth-order valence-electron chi connectivity index (χ4n) is 2.19. The highest BCUT2D eigenvalue weighted by atomic mass is 35.5. The molecule has 0 radical (unpaired) electrons. The molecule has 0 aromatic heterocycles. The summed E-state index contributed by atoms with van der Waals surface area (Å²) in [5, 5.41) is 4.27. The van der Waals surface area contributed by atoms with Gasteiger partial charge in [0.25, 0.3) is 0 Å². The van der Waals surface area contributed by atoms with Gasteiger partial charge in [-0.1, -0.05) is 38.3 Å². The summed E-state index contributed by atoms with van der Waals surface area (Å²) in [5.74, 6) is 0. The third-order valence-corrected chi connectivity index (χ3v) is 3.53. The van der Waals surface area contributed by atoms with Crippen LogP contribution in [0.4, 0.5) is 5.69 Å². The van der Waals surface area contributed by atoms with Crippen molar-refractivity contribution in [2.24, 2.45) is 0 Å². The van der Waals surface area contributed by atoms with Crippen LogP contribution < -0.4 is 10.2 Å². The number of nitrogens with zero attached hydrogens (tertiary/aromatic N) is 1. The minimum absolute atomic E-state index is 0.819. The van der Waals surface area contributed by atoms with Crippen LogP contribution in [-0.4, -0.2) is 20.1 Å². The van der Waals surface area contributed by atoms with Crippen LogP contribution in [0, 0.1) is 0 Å². The van der Waals surface area contributed by atoms with Crippen molar-refractivity contribution in [3.63, 3.8) is 0 Å². The van der Waals surface area contributed by atoms with E-state index in [9.17, 15) is 0 Å². The highest BCUT2D eigenvalue weighted by molar-refractivity contribution is 6.30. The Morgan fingerprint density at radius 3 is 2.63 bits per heavy atom. The molecule has 1 rings (SSSR count). The van der Waals surface area contributed by atoms with Crippen LogP contribution in [0.15, 0.2) is 18.2 Å². The lowest BCUT2D eigenvalue weighted by Gasteiger charge is -2.23. The van der Waals surface area contributed by atoms with E-state index >= 15 is 0 Å². The number of anilines is 1. The summed E-state index contributed by atoms with van der Waals surface area (Å²) in [7, 11) is 2.17. The second-order valence-corrected chi connectivity index (χ2v) is 5.51. The third kappa shape index (κ3) is 5.84. The van der Waals surface area contributed by atoms with E-state index in [1.165, 1.54) is 30.5 Å². The zero-order valence-corrected chi connectivity index (χ0v) is 13.3. The van der Waals surface area contributed by atoms with Gasteiger partial charge in [-0.2, -0.15) is 0 Å². The molecule has 0 fully saturated rings. The van der Waals surface area contributed by atoms with Crippen LogP contribution in [0.2, 0.25) is 5.02 Å². The molecule has 1 aromatic rings. The molecule has 2 nitrogen and oxygen atoms in total. The van der Waals surface area contributed by atoms with Crippen molar-refractivity contribution in [2.45, 2.75) is 46.1 Å². The summed E-state index contributed by atoms with van der Waals surface area (Å²) in [4.78, 5) is 2.34. The molecule has 0 aliphatic heterocycles. The van der Waals surface area contributed by atoms with E-state index in [-0.39, 0.29) is 0 Å². The molecule has 108 valence electrons. The Morgan fingerprint density at radius 2 is 1.95 bits per heavy atom. The molecule has 0 saturated heterocycles. The predicted molar refractivity (Wildman–Crippen MR) is 86.2 cm³/mol. The zero-order valence-electron chi connectivity index (χ0n) is 12.5. The zero-order chi connectivity index (χ0) is 14.1. The number of hydrogen-bond donors (Lipinski definition) is 1. The summed E-state index contributed by atoms with van der Waals surface area (Å²) < 4.78 is 0. The highest BCUT2D eigenvalue weighted by Gasteiger charge is 2.07. The first-order valence-corrected chi connectivity index (χ1v) is 7.77. The maximum atomic E-state index is 6.11. The molecule has 0 bridgehead atoms. The molecule has 1 aromatic carbocycles. The smallest absolute Gasteiger partial charge is 0.0410 e. The van der Waals surface area contributed by atoms with Gasteiger partial charge in [-0.3, -0.25) is 0 Å². The number of nitrogens with one attached hydrogen (secondary N) is 1. The van der Waals surface area contributed by atoms with Crippen LogP contribution >= 0.6 is 11.6 Å². The first-order chi connectivity index (χ1) is 9.19. The van der Waals surface area contributed by atoms with E-state index < -0.39 is 0 Å². The van der Waals surface area contributed by atoms with Gasteiger partial charge in [0, 0.05) is 30.8 Å². The SMILES string of the molecule is CCCCCN(C)c1ccc(Cl)cc1CNCCC. The molecule has 1 N–H and O–H groups in total. The average Bonchev–Trinajstić information content (AvgIpc) is 2.39. The maximum absolute atomic E-state index is 6.11. The minimum atomic E-state index is 0.819. The van der Waals surface area contributed by atoms with Crippen molar-refractivity contribution in [1.82, 2.24) is 5.32 Å². The van der Waals surface area contributed by atoms with E-state index in [0.29, 0.717) is 0 Å². The molecule has 0 atom stereocenters. The first kappa shape index (κ1) is 16.3. The lowest BCUT2D eigenvalue weighted by Crippen LogP contribution is -2.22. The van der Waals surface area contributed by atoms with Crippen LogP contribution in [-0.2, 0) is 6.54 Å². The quantitative estimate of drug-likeness (QED) is 0.673. The summed E-state index contributed by atoms with van der Waals surface area (Å²) in [6, 6.07) is 6.20. The Bertz CT molecular complexity index is 366. The second kappa shape index (κ2) is 9.22. The van der Waals surface area contributed by atoms with Crippen LogP contribution in [0.25, 0.3) is 0 Å². The number of rotatable bonds is 9. The van der Waals surface area contributed by atoms with Crippen molar-refractivity contribution in [3.05, 3.63) is 28.8 Å². The molecule has 0 amide bonds. The largest absolute Gasteiger partial charge is 0.374 e. The lowest BCUT2D eigenvalue weighted by molar-refractivity contribution is 0.669. The van der Waals surface area contributed by atoms with Gasteiger partial charge in [0.15, 0.2) is 0 Å². The van der Waals surface area contributed by atoms with Gasteiger partial charge in [0.1, 0.15) is 0 Å². The molecular formula is C16H27ClN2. The van der Waals surface area contributed by atoms with Crippen LogP contribution in [0.5, 0.6) is 0 Å². The first-order valence-electron chi connectivity index (χ1n) is 7.39. The second-order valence-electron chi connectivity index (χ2n) is 5.08. The molecule has 0 aliphatic carbocycles. The standard InChI is InChI=1S/C16H27ClN2/c1-4-6-7-11-19(3)16-9-8-15(17)12-14(16)13-18-10-5-2/h8-9,12,18H,4-7,10-11,13H2,1-3H3. The summed E-state index contributed by atoms with van der Waals surface area (Å²) in [6.45, 7) is 7.47. The van der Waals surface area contributed by atoms with Crippen molar-refractivity contribution in [3.8, 4) is 0 Å². The Balaban J connectivity index is 2.68. The van der Waals surface area contributed by atoms with Crippen LogP contribution in [0.3, 0.4) is 0 Å². The van der Waals surface area contributed by atoms with E-state index in [1.807, 2.05) is 6.07 Å². The van der Waals surface area contributed by atoms with Crippen molar-refractivity contribution >= 4 is 17.3 Å². The minimum Gasteiger partial charge on any atom is -0.374 e. The van der Waals surface area contributed by atoms with Gasteiger partial charge in [-0.05, 0) is 43.1 Å². The molecule has 0 aliphatic rings. The molecule has 0 heterocycles. The van der Waals surface area contributed by atoms with Gasteiger partial charge in [-0.15, -0.1) is 0 Å². The molecule has 3 heteroatoms. The Kier molecular flexibility index (Phi) is 7.92. The summed E-state index contributed by atoms with van der Waals surface area (Å²) in [6.07, 6.45) is 4.96. The van der Waals surface area contributed by atoms with Gasteiger partial charge in [0.05, 0.1) is 0 Å². The maximum Gasteiger partial charge on any atom is 0.0410 e. The Morgan fingerprint density at radius 1 is 1.16 bits per heavy atom. The normalized spacial score (nSPS) is 10.7. The number of halogens is 1. The van der Waals surface area contributed by atoms with E-state index in [2.05, 4.69) is 43.2 Å². The monoisotopic (exact) mass is 282 g/mol. The fraction of sp³-hybridized carbons (Fsp3) is 0.625. The molecular weight excluding hydrogens is 256 g/mol. The molecule has 0 saturated carbocycles. The van der Waals surface area contributed by atoms with Crippen LogP contribution in [0.1, 0.15) is 45.1 Å². The number of unbranched alkanes of at least 4 members (excludes halogenated alkanes) is 2. The highest BCUT2D eigenvalue weighted by Crippen LogP contribution is 2.24. The number of hydrogen-bond acceptors (Lipinski definition) is 2. The van der Waals surface area contributed by atoms with Crippen molar-refractivity contribution < 1.29 is 0 Å². The van der Waals surface area contributed by atoms with Gasteiger partial charge in [0.2, 0.25) is 0 Å². The molecule has 0 unspecified atom stereocenters. The lowest BCUT2D eigenvalue weighted by atomic mass is 10.1. The topological polar surface area (TPSA) is 15.3 Å². The summed E-state index contributed by atoms with van der Waals surface area (Å²) in [5.41, 5.74) is 2.59. The van der Waals surface area contributed by atoms with Gasteiger partial charge in [-0.25, -0.2) is 0 Å². The van der Waals surface area contributed by atoms with E-state index in [0.717, 1.165) is 31.1 Å². The van der Waals surface area contributed by atoms with E-state index in [4.69, 9.17) is 11.6 Å². The molecule has 0 spiro atoms. The van der Waals surface area contributed by atoms with E-state index in [1.54, 1.807) is 0 Å². The third-order valence-electron chi connectivity index (χ3n) is 3.29. The average molecular weight is 283 g/mol.